The summed E-state index contributed by atoms with van der Waals surface area (Å²) in [6, 6.07) is 20.4. The van der Waals surface area contributed by atoms with E-state index in [0.717, 1.165) is 38.8 Å². The van der Waals surface area contributed by atoms with Gasteiger partial charge in [0.05, 0.1) is 4.87 Å². The van der Waals surface area contributed by atoms with Crippen LogP contribution in [0.3, 0.4) is 0 Å². The fourth-order valence-corrected chi connectivity index (χ4v) is 3.62. The van der Waals surface area contributed by atoms with Crippen LogP contribution in [-0.2, 0) is 17.7 Å². The lowest BCUT2D eigenvalue weighted by Crippen LogP contribution is -2.34. The van der Waals surface area contributed by atoms with Crippen LogP contribution in [0.1, 0.15) is 49.8 Å². The Bertz CT molecular complexity index is 644. The summed E-state index contributed by atoms with van der Waals surface area (Å²) in [6.45, 7) is 6.89. The maximum absolute atomic E-state index is 6.48. The standard InChI is InChI=1S/C23H30ClN/c1-19(2)25(18-14-20-7-4-3-5-8-20)17-6-9-21-10-12-22(13-11-21)23(24)15-16-23/h3-5,7-8,10-13,19H,6,9,14-18H2,1-2H3. The highest BCUT2D eigenvalue weighted by atomic mass is 35.5. The summed E-state index contributed by atoms with van der Waals surface area (Å²) in [5.41, 5.74) is 4.15. The van der Waals surface area contributed by atoms with E-state index in [9.17, 15) is 0 Å². The lowest BCUT2D eigenvalue weighted by atomic mass is 10.0. The molecule has 0 aliphatic heterocycles. The highest BCUT2D eigenvalue weighted by molar-refractivity contribution is 6.25. The molecule has 0 spiro atoms. The van der Waals surface area contributed by atoms with E-state index in [1.807, 2.05) is 0 Å². The molecular formula is C23H30ClN. The maximum Gasteiger partial charge on any atom is 0.0696 e. The van der Waals surface area contributed by atoms with Gasteiger partial charge in [0.15, 0.2) is 0 Å². The van der Waals surface area contributed by atoms with Crippen LogP contribution in [0.4, 0.5) is 0 Å². The summed E-state index contributed by atoms with van der Waals surface area (Å²) in [5, 5.41) is 0. The molecule has 2 aromatic rings. The van der Waals surface area contributed by atoms with Gasteiger partial charge in [-0.2, -0.15) is 0 Å². The number of halogens is 1. The first-order valence-corrected chi connectivity index (χ1v) is 10.0. The predicted octanol–water partition coefficient (Wildman–Crippen LogP) is 5.80. The molecule has 0 saturated heterocycles. The topological polar surface area (TPSA) is 3.24 Å². The third-order valence-electron chi connectivity index (χ3n) is 5.33. The number of benzene rings is 2. The molecule has 0 bridgehead atoms. The van der Waals surface area contributed by atoms with E-state index in [1.54, 1.807) is 0 Å². The number of hydrogen-bond donors (Lipinski definition) is 0. The smallest absolute Gasteiger partial charge is 0.0696 e. The van der Waals surface area contributed by atoms with E-state index in [4.69, 9.17) is 11.6 Å². The highest BCUT2D eigenvalue weighted by Crippen LogP contribution is 2.51. The monoisotopic (exact) mass is 355 g/mol. The van der Waals surface area contributed by atoms with Gasteiger partial charge in [-0.05, 0) is 69.2 Å². The molecule has 0 radical (unpaired) electrons. The maximum atomic E-state index is 6.48. The molecule has 1 fully saturated rings. The molecule has 134 valence electrons. The molecule has 2 heteroatoms. The Morgan fingerprint density at radius 1 is 0.880 bits per heavy atom. The fraction of sp³-hybridized carbons (Fsp3) is 0.478. The van der Waals surface area contributed by atoms with Crippen LogP contribution in [0.25, 0.3) is 0 Å². The molecule has 1 aliphatic carbocycles. The van der Waals surface area contributed by atoms with Crippen molar-refractivity contribution in [2.75, 3.05) is 13.1 Å². The number of hydrogen-bond acceptors (Lipinski definition) is 1. The molecule has 25 heavy (non-hydrogen) atoms. The molecule has 0 atom stereocenters. The minimum Gasteiger partial charge on any atom is -0.301 e. The van der Waals surface area contributed by atoms with Gasteiger partial charge in [0.1, 0.15) is 0 Å². The first-order valence-electron chi connectivity index (χ1n) is 9.63. The number of alkyl halides is 1. The van der Waals surface area contributed by atoms with Crippen molar-refractivity contribution in [3.05, 3.63) is 71.3 Å². The third-order valence-corrected chi connectivity index (χ3v) is 5.93. The summed E-state index contributed by atoms with van der Waals surface area (Å²) in [4.78, 5) is 2.56. The van der Waals surface area contributed by atoms with Crippen molar-refractivity contribution in [3.63, 3.8) is 0 Å². The summed E-state index contributed by atoms with van der Waals surface area (Å²) in [7, 11) is 0. The Balaban J connectivity index is 1.45. The average Bonchev–Trinajstić information content (AvgIpc) is 3.38. The van der Waals surface area contributed by atoms with Crippen molar-refractivity contribution in [2.45, 2.75) is 56.9 Å². The van der Waals surface area contributed by atoms with Crippen molar-refractivity contribution < 1.29 is 0 Å². The Labute approximate surface area is 158 Å². The zero-order valence-corrected chi connectivity index (χ0v) is 16.3. The van der Waals surface area contributed by atoms with Crippen LogP contribution >= 0.6 is 11.6 Å². The Morgan fingerprint density at radius 3 is 2.12 bits per heavy atom. The quantitative estimate of drug-likeness (QED) is 0.514. The minimum absolute atomic E-state index is 0.0373. The van der Waals surface area contributed by atoms with Crippen LogP contribution in [0.5, 0.6) is 0 Å². The van der Waals surface area contributed by atoms with Gasteiger partial charge in [0.2, 0.25) is 0 Å². The van der Waals surface area contributed by atoms with Crippen molar-refractivity contribution in [2.24, 2.45) is 0 Å². The second-order valence-corrected chi connectivity index (χ2v) is 8.35. The minimum atomic E-state index is -0.0373. The van der Waals surface area contributed by atoms with Crippen LogP contribution in [0, 0.1) is 0 Å². The molecule has 3 rings (SSSR count). The van der Waals surface area contributed by atoms with Crippen LogP contribution in [0.2, 0.25) is 0 Å². The van der Waals surface area contributed by atoms with E-state index in [0.29, 0.717) is 6.04 Å². The fourth-order valence-electron chi connectivity index (χ4n) is 3.40. The van der Waals surface area contributed by atoms with Gasteiger partial charge < -0.3 is 4.90 Å². The molecule has 0 amide bonds. The molecule has 1 aliphatic rings. The number of aryl methyl sites for hydroxylation is 1. The Kier molecular flexibility index (Phi) is 6.19. The van der Waals surface area contributed by atoms with Gasteiger partial charge in [0.25, 0.3) is 0 Å². The Hall–Kier alpha value is -1.31. The molecule has 1 nitrogen and oxygen atoms in total. The first kappa shape index (κ1) is 18.5. The summed E-state index contributed by atoms with van der Waals surface area (Å²) < 4.78 is 0. The van der Waals surface area contributed by atoms with Gasteiger partial charge in [-0.25, -0.2) is 0 Å². The van der Waals surface area contributed by atoms with Crippen LogP contribution in [-0.4, -0.2) is 24.0 Å². The largest absolute Gasteiger partial charge is 0.301 e. The van der Waals surface area contributed by atoms with Crippen molar-refractivity contribution in [1.82, 2.24) is 4.90 Å². The van der Waals surface area contributed by atoms with Crippen LogP contribution in [0.15, 0.2) is 54.6 Å². The summed E-state index contributed by atoms with van der Waals surface area (Å²) >= 11 is 6.48. The van der Waals surface area contributed by atoms with Gasteiger partial charge in [-0.3, -0.25) is 0 Å². The lowest BCUT2D eigenvalue weighted by Gasteiger charge is -2.26. The van der Waals surface area contributed by atoms with E-state index < -0.39 is 0 Å². The van der Waals surface area contributed by atoms with E-state index in [-0.39, 0.29) is 4.87 Å². The average molecular weight is 356 g/mol. The molecule has 2 aromatic carbocycles. The SMILES string of the molecule is CC(C)N(CCCc1ccc(C2(Cl)CC2)cc1)CCc1ccccc1. The Morgan fingerprint density at radius 2 is 1.52 bits per heavy atom. The first-order chi connectivity index (χ1) is 12.1. The highest BCUT2D eigenvalue weighted by Gasteiger charge is 2.41. The lowest BCUT2D eigenvalue weighted by molar-refractivity contribution is 0.222. The van der Waals surface area contributed by atoms with E-state index >= 15 is 0 Å². The van der Waals surface area contributed by atoms with Crippen LogP contribution < -0.4 is 0 Å². The molecule has 0 unspecified atom stereocenters. The zero-order valence-electron chi connectivity index (χ0n) is 15.5. The molecule has 0 N–H and O–H groups in total. The summed E-state index contributed by atoms with van der Waals surface area (Å²) in [6.07, 6.45) is 5.73. The molecule has 0 heterocycles. The van der Waals surface area contributed by atoms with Crippen molar-refractivity contribution in [3.8, 4) is 0 Å². The van der Waals surface area contributed by atoms with Gasteiger partial charge in [-0.15, -0.1) is 11.6 Å². The van der Waals surface area contributed by atoms with E-state index in [1.165, 1.54) is 23.1 Å². The third kappa shape index (κ3) is 5.33. The molecule has 1 saturated carbocycles. The van der Waals surface area contributed by atoms with Gasteiger partial charge in [0, 0.05) is 12.6 Å². The van der Waals surface area contributed by atoms with Crippen molar-refractivity contribution >= 4 is 11.6 Å². The van der Waals surface area contributed by atoms with Crippen molar-refractivity contribution in [1.29, 1.82) is 0 Å². The number of nitrogens with zero attached hydrogens (tertiary/aromatic N) is 1. The van der Waals surface area contributed by atoms with Gasteiger partial charge in [-0.1, -0.05) is 54.6 Å². The molecule has 0 aromatic heterocycles. The summed E-state index contributed by atoms with van der Waals surface area (Å²) in [5.74, 6) is 0. The normalized spacial score (nSPS) is 15.7. The predicted molar refractivity (Wildman–Crippen MR) is 108 cm³/mol. The second kappa shape index (κ2) is 8.38. The van der Waals surface area contributed by atoms with Gasteiger partial charge >= 0.3 is 0 Å². The zero-order chi connectivity index (χ0) is 17.7. The second-order valence-electron chi connectivity index (χ2n) is 7.63. The number of rotatable bonds is 9. The van der Waals surface area contributed by atoms with E-state index in [2.05, 4.69) is 73.3 Å². The molecular weight excluding hydrogens is 326 g/mol.